The SMILES string of the molecule is CCCCOC(=O)/C=C/C=C(\CCO)CCC1CCCCC1. The molecular formula is C19H32O3. The highest BCUT2D eigenvalue weighted by Gasteiger charge is 2.13. The van der Waals surface area contributed by atoms with Crippen LogP contribution in [0, 0.1) is 5.92 Å². The molecule has 0 aliphatic heterocycles. The van der Waals surface area contributed by atoms with E-state index in [4.69, 9.17) is 9.84 Å². The van der Waals surface area contributed by atoms with Crippen LogP contribution in [0.5, 0.6) is 0 Å². The molecule has 0 unspecified atom stereocenters. The van der Waals surface area contributed by atoms with E-state index in [0.29, 0.717) is 13.0 Å². The van der Waals surface area contributed by atoms with E-state index >= 15 is 0 Å². The van der Waals surface area contributed by atoms with Crippen molar-refractivity contribution < 1.29 is 14.6 Å². The number of ether oxygens (including phenoxy) is 1. The van der Waals surface area contributed by atoms with Crippen LogP contribution >= 0.6 is 0 Å². The molecule has 22 heavy (non-hydrogen) atoms. The van der Waals surface area contributed by atoms with Crippen LogP contribution < -0.4 is 0 Å². The smallest absolute Gasteiger partial charge is 0.330 e. The third kappa shape index (κ3) is 9.04. The van der Waals surface area contributed by atoms with Gasteiger partial charge < -0.3 is 9.84 Å². The van der Waals surface area contributed by atoms with Crippen molar-refractivity contribution >= 4 is 5.97 Å². The van der Waals surface area contributed by atoms with Gasteiger partial charge in [-0.3, -0.25) is 0 Å². The van der Waals surface area contributed by atoms with Gasteiger partial charge in [0.1, 0.15) is 0 Å². The van der Waals surface area contributed by atoms with Crippen LogP contribution in [0.1, 0.15) is 71.1 Å². The molecule has 0 aromatic carbocycles. The molecular weight excluding hydrogens is 276 g/mol. The van der Waals surface area contributed by atoms with Gasteiger partial charge in [-0.25, -0.2) is 4.79 Å². The van der Waals surface area contributed by atoms with Crippen molar-refractivity contribution in [2.24, 2.45) is 5.92 Å². The Labute approximate surface area is 135 Å². The molecule has 126 valence electrons. The molecule has 0 aromatic heterocycles. The number of hydrogen-bond acceptors (Lipinski definition) is 3. The number of allylic oxidation sites excluding steroid dienone is 2. The Bertz CT molecular complexity index is 352. The Hall–Kier alpha value is -1.09. The molecule has 1 aliphatic carbocycles. The van der Waals surface area contributed by atoms with Gasteiger partial charge in [0, 0.05) is 12.7 Å². The van der Waals surface area contributed by atoms with Gasteiger partial charge in [-0.15, -0.1) is 0 Å². The fraction of sp³-hybridized carbons (Fsp3) is 0.737. The maximum absolute atomic E-state index is 11.5. The highest BCUT2D eigenvalue weighted by molar-refractivity contribution is 5.82. The Morgan fingerprint density at radius 2 is 2.00 bits per heavy atom. The van der Waals surface area contributed by atoms with Gasteiger partial charge in [0.05, 0.1) is 6.61 Å². The van der Waals surface area contributed by atoms with Crippen molar-refractivity contribution in [3.63, 3.8) is 0 Å². The van der Waals surface area contributed by atoms with Crippen molar-refractivity contribution in [3.8, 4) is 0 Å². The number of carbonyl (C=O) groups is 1. The summed E-state index contributed by atoms with van der Waals surface area (Å²) in [5.74, 6) is 0.569. The van der Waals surface area contributed by atoms with Crippen LogP contribution in [-0.4, -0.2) is 24.3 Å². The molecule has 1 aliphatic rings. The summed E-state index contributed by atoms with van der Waals surface area (Å²) in [5.41, 5.74) is 1.23. The second-order valence-electron chi connectivity index (χ2n) is 6.22. The van der Waals surface area contributed by atoms with Gasteiger partial charge >= 0.3 is 5.97 Å². The van der Waals surface area contributed by atoms with Crippen molar-refractivity contribution in [1.29, 1.82) is 0 Å². The van der Waals surface area contributed by atoms with E-state index in [1.807, 2.05) is 6.08 Å². The molecule has 0 radical (unpaired) electrons. The zero-order valence-electron chi connectivity index (χ0n) is 14.1. The van der Waals surface area contributed by atoms with Crippen LogP contribution in [-0.2, 0) is 9.53 Å². The molecule has 3 nitrogen and oxygen atoms in total. The van der Waals surface area contributed by atoms with E-state index in [1.54, 1.807) is 6.08 Å². The average molecular weight is 308 g/mol. The van der Waals surface area contributed by atoms with E-state index in [2.05, 4.69) is 6.92 Å². The van der Waals surface area contributed by atoms with Crippen molar-refractivity contribution in [3.05, 3.63) is 23.8 Å². The third-order valence-corrected chi connectivity index (χ3v) is 4.34. The van der Waals surface area contributed by atoms with Crippen LogP contribution in [0.25, 0.3) is 0 Å². The lowest BCUT2D eigenvalue weighted by Gasteiger charge is -2.21. The van der Waals surface area contributed by atoms with E-state index in [0.717, 1.165) is 25.2 Å². The van der Waals surface area contributed by atoms with Gasteiger partial charge in [-0.1, -0.05) is 63.2 Å². The first-order valence-corrected chi connectivity index (χ1v) is 8.90. The number of esters is 1. The zero-order chi connectivity index (χ0) is 16.0. The van der Waals surface area contributed by atoms with Crippen molar-refractivity contribution in [2.45, 2.75) is 71.1 Å². The quantitative estimate of drug-likeness (QED) is 0.279. The zero-order valence-corrected chi connectivity index (χ0v) is 14.1. The summed E-state index contributed by atoms with van der Waals surface area (Å²) in [7, 11) is 0. The summed E-state index contributed by atoms with van der Waals surface area (Å²) in [4.78, 5) is 11.5. The molecule has 0 spiro atoms. The molecule has 0 saturated heterocycles. The Morgan fingerprint density at radius 3 is 2.68 bits per heavy atom. The van der Waals surface area contributed by atoms with E-state index in [-0.39, 0.29) is 12.6 Å². The van der Waals surface area contributed by atoms with Gasteiger partial charge in [-0.2, -0.15) is 0 Å². The van der Waals surface area contributed by atoms with E-state index < -0.39 is 0 Å². The van der Waals surface area contributed by atoms with Crippen LogP contribution in [0.4, 0.5) is 0 Å². The topological polar surface area (TPSA) is 46.5 Å². The molecule has 1 fully saturated rings. The summed E-state index contributed by atoms with van der Waals surface area (Å²) < 4.78 is 5.07. The lowest BCUT2D eigenvalue weighted by atomic mass is 9.85. The number of hydrogen-bond donors (Lipinski definition) is 1. The summed E-state index contributed by atoms with van der Waals surface area (Å²) >= 11 is 0. The van der Waals surface area contributed by atoms with Gasteiger partial charge in [0.15, 0.2) is 0 Å². The Balaban J connectivity index is 2.34. The lowest BCUT2D eigenvalue weighted by molar-refractivity contribution is -0.137. The Morgan fingerprint density at radius 1 is 1.23 bits per heavy atom. The lowest BCUT2D eigenvalue weighted by Crippen LogP contribution is -2.06. The highest BCUT2D eigenvalue weighted by atomic mass is 16.5. The normalized spacial score (nSPS) is 17.1. The minimum absolute atomic E-state index is 0.172. The van der Waals surface area contributed by atoms with E-state index in [9.17, 15) is 4.79 Å². The molecule has 0 heterocycles. The Kier molecular flexibility index (Phi) is 10.7. The average Bonchev–Trinajstić information content (AvgIpc) is 2.54. The molecule has 0 aromatic rings. The largest absolute Gasteiger partial charge is 0.463 e. The summed E-state index contributed by atoms with van der Waals surface area (Å²) in [5, 5.41) is 9.17. The molecule has 1 N–H and O–H groups in total. The van der Waals surface area contributed by atoms with E-state index in [1.165, 1.54) is 50.2 Å². The predicted molar refractivity (Wildman–Crippen MR) is 90.6 cm³/mol. The maximum atomic E-state index is 11.5. The number of carbonyl (C=O) groups excluding carboxylic acids is 1. The monoisotopic (exact) mass is 308 g/mol. The fourth-order valence-electron chi connectivity index (χ4n) is 2.93. The van der Waals surface area contributed by atoms with Crippen LogP contribution in [0.15, 0.2) is 23.8 Å². The van der Waals surface area contributed by atoms with Crippen LogP contribution in [0.3, 0.4) is 0 Å². The minimum Gasteiger partial charge on any atom is -0.463 e. The molecule has 1 saturated carbocycles. The van der Waals surface area contributed by atoms with Crippen molar-refractivity contribution in [1.82, 2.24) is 0 Å². The van der Waals surface area contributed by atoms with Gasteiger partial charge in [0.2, 0.25) is 0 Å². The summed E-state index contributed by atoms with van der Waals surface area (Å²) in [6, 6.07) is 0. The number of aliphatic hydroxyl groups excluding tert-OH is 1. The third-order valence-electron chi connectivity index (χ3n) is 4.34. The summed E-state index contributed by atoms with van der Waals surface area (Å²) in [6.07, 6.45) is 16.9. The number of rotatable bonds is 10. The van der Waals surface area contributed by atoms with Gasteiger partial charge in [0.25, 0.3) is 0 Å². The fourth-order valence-corrected chi connectivity index (χ4v) is 2.93. The summed E-state index contributed by atoms with van der Waals surface area (Å²) in [6.45, 7) is 2.74. The standard InChI is InChI=1S/C19H32O3/c1-2-3-16-22-19(21)11-7-10-18(14-15-20)13-12-17-8-5-4-6-9-17/h7,10-11,17,20H,2-6,8-9,12-16H2,1H3/b11-7+,18-10-. The minimum atomic E-state index is -0.277. The predicted octanol–water partition coefficient (Wildman–Crippen LogP) is 4.56. The molecule has 3 heteroatoms. The highest BCUT2D eigenvalue weighted by Crippen LogP contribution is 2.29. The molecule has 0 bridgehead atoms. The second kappa shape index (κ2) is 12.5. The first-order valence-electron chi connectivity index (χ1n) is 8.90. The number of aliphatic hydroxyl groups is 1. The molecule has 0 atom stereocenters. The second-order valence-corrected chi connectivity index (χ2v) is 6.22. The molecule has 0 amide bonds. The first kappa shape index (κ1) is 19.0. The van der Waals surface area contributed by atoms with Crippen molar-refractivity contribution in [2.75, 3.05) is 13.2 Å². The number of unbranched alkanes of at least 4 members (excludes halogenated alkanes) is 1. The maximum Gasteiger partial charge on any atom is 0.330 e. The van der Waals surface area contributed by atoms with Gasteiger partial charge in [-0.05, 0) is 31.6 Å². The van der Waals surface area contributed by atoms with Crippen LogP contribution in [0.2, 0.25) is 0 Å². The molecule has 1 rings (SSSR count). The first-order chi connectivity index (χ1) is 10.8.